The first-order chi connectivity index (χ1) is 19.4. The Morgan fingerprint density at radius 1 is 0.775 bits per heavy atom. The van der Waals surface area contributed by atoms with Gasteiger partial charge in [-0.3, -0.25) is 9.59 Å². The van der Waals surface area contributed by atoms with Gasteiger partial charge in [0, 0.05) is 37.8 Å². The minimum absolute atomic E-state index is 0. The number of esters is 2. The molecule has 0 aromatic carbocycles. The molecule has 0 unspecified atom stereocenters. The Balaban J connectivity index is -0.0000000620. The third kappa shape index (κ3) is 33.3. The first-order valence-corrected chi connectivity index (χ1v) is 13.1. The van der Waals surface area contributed by atoms with Crippen LogP contribution < -0.4 is 5.73 Å². The van der Waals surface area contributed by atoms with Crippen LogP contribution in [0.3, 0.4) is 0 Å². The summed E-state index contributed by atoms with van der Waals surface area (Å²) in [5.41, 5.74) is 4.47. The van der Waals surface area contributed by atoms with E-state index < -0.39 is 24.6 Å². The van der Waals surface area contributed by atoms with Crippen molar-refractivity contribution in [1.29, 1.82) is 0 Å². The van der Waals surface area contributed by atoms with Crippen LogP contribution in [0.1, 0.15) is 103 Å². The summed E-state index contributed by atoms with van der Waals surface area (Å²) >= 11 is 0. The topological polar surface area (TPSA) is 116 Å². The smallest absolute Gasteiger partial charge is 0.385 e. The second-order valence-corrected chi connectivity index (χ2v) is 8.08. The number of primary amides is 1. The molecular formula is C33H63NO6. The number of amides is 1. The zero-order valence-corrected chi connectivity index (χ0v) is 23.4. The fourth-order valence-corrected chi connectivity index (χ4v) is 2.73. The zero-order chi connectivity index (χ0) is 30.1. The summed E-state index contributed by atoms with van der Waals surface area (Å²) in [4.78, 5) is 32.8. The fraction of sp³-hybridized carbons (Fsp3) is 0.485. The molecule has 1 atom stereocenters. The van der Waals surface area contributed by atoms with Gasteiger partial charge in [0.2, 0.25) is 5.91 Å². The molecule has 0 aromatic rings. The highest BCUT2D eigenvalue weighted by molar-refractivity contribution is 5.89. The highest BCUT2D eigenvalue weighted by atomic mass is 16.6. The van der Waals surface area contributed by atoms with Gasteiger partial charge in [0.15, 0.2) is 6.10 Å². The van der Waals surface area contributed by atoms with Crippen LogP contribution in [0.5, 0.6) is 0 Å². The van der Waals surface area contributed by atoms with E-state index in [1.807, 2.05) is 0 Å². The Morgan fingerprint density at radius 2 is 1.20 bits per heavy atom. The third-order valence-electron chi connectivity index (χ3n) is 4.50. The van der Waals surface area contributed by atoms with Gasteiger partial charge in [-0.05, 0) is 77.5 Å². The lowest BCUT2D eigenvalue weighted by molar-refractivity contribution is -0.159. The molecule has 0 aliphatic rings. The van der Waals surface area contributed by atoms with Crippen molar-refractivity contribution in [3.8, 4) is 83.4 Å². The van der Waals surface area contributed by atoms with Crippen molar-refractivity contribution in [3.63, 3.8) is 0 Å². The van der Waals surface area contributed by atoms with Gasteiger partial charge in [0.05, 0.1) is 6.61 Å². The summed E-state index contributed by atoms with van der Waals surface area (Å²) in [7, 11) is 0. The Bertz CT molecular complexity index is 1230. The van der Waals surface area contributed by atoms with E-state index in [4.69, 9.17) is 15.9 Å². The molecule has 0 aliphatic carbocycles. The average Bonchev–Trinajstić information content (AvgIpc) is 2.92. The van der Waals surface area contributed by atoms with Crippen molar-refractivity contribution in [2.24, 2.45) is 5.73 Å². The summed E-state index contributed by atoms with van der Waals surface area (Å²) in [5, 5.41) is 9.35. The quantitative estimate of drug-likeness (QED) is 0.107. The maximum Gasteiger partial charge on any atom is 0.385 e. The molecule has 0 aromatic heterocycles. The highest BCUT2D eigenvalue weighted by Crippen LogP contribution is 2.11. The van der Waals surface area contributed by atoms with Gasteiger partial charge < -0.3 is 20.3 Å². The maximum absolute atomic E-state index is 11.9. The van der Waals surface area contributed by atoms with Crippen LogP contribution in [-0.2, 0) is 23.9 Å². The van der Waals surface area contributed by atoms with Crippen molar-refractivity contribution >= 4 is 17.8 Å². The average molecular weight is 570 g/mol. The van der Waals surface area contributed by atoms with E-state index in [2.05, 4.69) is 89.6 Å². The minimum Gasteiger partial charge on any atom is -0.456 e. The number of rotatable bonds is 15. The number of aliphatic hydroxyl groups is 1. The molecule has 0 bridgehead atoms. The molecule has 0 rings (SSSR count). The third-order valence-corrected chi connectivity index (χ3v) is 4.50. The first kappa shape index (κ1) is 37.4. The van der Waals surface area contributed by atoms with Gasteiger partial charge in [-0.25, -0.2) is 4.79 Å². The summed E-state index contributed by atoms with van der Waals surface area (Å²) in [5.74, 6) is 29.0. The molecule has 40 heavy (non-hydrogen) atoms. The van der Waals surface area contributed by atoms with E-state index in [0.29, 0.717) is 0 Å². The summed E-state index contributed by atoms with van der Waals surface area (Å²) < 4.78 is 10.0. The standard InChI is InChI=1S/C31H32O5.C2H5NO.13H2/c1-3-5-7-9-11-13-15-16-18-19-21-23-25-30(33)35-28-29(27-32)36-31(34)26-24-22-20-17-14-12-10-8-6-4-2;1-2(3)4;;;;;;;;;;;;;/h1,29,32H,4,6,8,10,12,14,17,20,22,24,26-28H2,2H3;1H3,(H2,3,4);13*1H/t29-;;;;;;;;;;;;;;/m0............../s1. The number of nitrogens with two attached hydrogens (primary N) is 1. The van der Waals surface area contributed by atoms with E-state index in [0.717, 1.165) is 19.3 Å². The number of ether oxygens (including phenoxy) is 2. The molecule has 1 amide bonds. The van der Waals surface area contributed by atoms with Gasteiger partial charge in [0.1, 0.15) is 6.61 Å². The molecule has 3 N–H and O–H groups in total. The molecule has 0 heterocycles. The molecule has 0 saturated carbocycles. The minimum atomic E-state index is -0.928. The largest absolute Gasteiger partial charge is 0.456 e. The number of carbonyl (C=O) groups excluding carboxylic acids is 3. The van der Waals surface area contributed by atoms with Crippen LogP contribution in [0.15, 0.2) is 0 Å². The lowest BCUT2D eigenvalue weighted by atomic mass is 10.1. The molecule has 0 fully saturated rings. The highest BCUT2D eigenvalue weighted by Gasteiger charge is 2.15. The Morgan fingerprint density at radius 3 is 1.65 bits per heavy atom. The molecule has 236 valence electrons. The second kappa shape index (κ2) is 30.5. The van der Waals surface area contributed by atoms with Gasteiger partial charge >= 0.3 is 11.9 Å². The summed E-state index contributed by atoms with van der Waals surface area (Å²) in [6, 6.07) is 0. The van der Waals surface area contributed by atoms with Crippen molar-refractivity contribution in [3.05, 3.63) is 0 Å². The predicted octanol–water partition coefficient (Wildman–Crippen LogP) is 6.09. The fourth-order valence-electron chi connectivity index (χ4n) is 2.73. The molecule has 0 radical (unpaired) electrons. The van der Waals surface area contributed by atoms with Crippen LogP contribution in [0.25, 0.3) is 0 Å². The van der Waals surface area contributed by atoms with E-state index in [-0.39, 0.29) is 37.5 Å². The van der Waals surface area contributed by atoms with Crippen LogP contribution in [0, 0.1) is 83.4 Å². The first-order valence-electron chi connectivity index (χ1n) is 13.1. The zero-order valence-electron chi connectivity index (χ0n) is 23.4. The Kier molecular flexibility index (Phi) is 28.6. The molecule has 7 nitrogen and oxygen atoms in total. The maximum atomic E-state index is 11.9. The van der Waals surface area contributed by atoms with Crippen molar-refractivity contribution in [2.75, 3.05) is 13.2 Å². The van der Waals surface area contributed by atoms with Gasteiger partial charge in [-0.2, -0.15) is 0 Å². The van der Waals surface area contributed by atoms with Crippen molar-refractivity contribution in [1.82, 2.24) is 0 Å². The van der Waals surface area contributed by atoms with Crippen molar-refractivity contribution < 1.29 is 47.5 Å². The second-order valence-electron chi connectivity index (χ2n) is 8.08. The number of aliphatic hydroxyl groups excluding tert-OH is 1. The van der Waals surface area contributed by atoms with Crippen LogP contribution in [0.2, 0.25) is 0 Å². The number of hydrogen-bond donors (Lipinski definition) is 2. The monoisotopic (exact) mass is 569 g/mol. The van der Waals surface area contributed by atoms with Gasteiger partial charge in [-0.1, -0.05) is 64.7 Å². The Labute approximate surface area is 259 Å². The van der Waals surface area contributed by atoms with Crippen LogP contribution >= 0.6 is 0 Å². The normalized spacial score (nSPS) is 8.75. The van der Waals surface area contributed by atoms with E-state index in [1.54, 1.807) is 0 Å². The lowest BCUT2D eigenvalue weighted by Gasteiger charge is -2.14. The number of terminal acetylenes is 1. The molecular weight excluding hydrogens is 506 g/mol. The predicted molar refractivity (Wildman–Crippen MR) is 182 cm³/mol. The van der Waals surface area contributed by atoms with Gasteiger partial charge in [0.25, 0.3) is 0 Å². The molecule has 0 saturated heterocycles. The van der Waals surface area contributed by atoms with Gasteiger partial charge in [-0.15, -0.1) is 6.42 Å². The number of hydrogen-bond acceptors (Lipinski definition) is 6. The Hall–Kier alpha value is -4.71. The summed E-state index contributed by atoms with van der Waals surface area (Å²) in [6.45, 7) is 2.77. The SMILES string of the molecule is C#CC#CC#CC#CC#CC#CC#CC(=O)OC[C@H](CO)OC(=O)CCCCCCCCCCCC.CC(N)=O.[HH].[HH].[HH].[HH].[HH].[HH].[HH].[HH].[HH].[HH].[HH].[HH].[HH]. The van der Waals surface area contributed by atoms with Crippen molar-refractivity contribution in [2.45, 2.75) is 90.6 Å². The number of unbranched alkanes of at least 4 members (excludes halogenated alkanes) is 9. The molecule has 7 heteroatoms. The van der Waals surface area contributed by atoms with E-state index in [1.165, 1.54) is 51.9 Å². The summed E-state index contributed by atoms with van der Waals surface area (Å²) in [6.07, 6.45) is 16.0. The van der Waals surface area contributed by atoms with Crippen LogP contribution in [-0.4, -0.2) is 42.3 Å². The number of carbonyl (C=O) groups is 3. The molecule has 0 spiro atoms. The molecule has 0 aliphatic heterocycles. The van der Waals surface area contributed by atoms with E-state index in [9.17, 15) is 19.5 Å². The lowest BCUT2D eigenvalue weighted by Crippen LogP contribution is -2.28. The van der Waals surface area contributed by atoms with E-state index >= 15 is 0 Å². The van der Waals surface area contributed by atoms with Crippen LogP contribution in [0.4, 0.5) is 0 Å².